The number of rotatable bonds is 5. The summed E-state index contributed by atoms with van der Waals surface area (Å²) in [5, 5.41) is 6.57. The van der Waals surface area contributed by atoms with Gasteiger partial charge >= 0.3 is 0 Å². The van der Waals surface area contributed by atoms with Gasteiger partial charge in [0.15, 0.2) is 5.11 Å². The second kappa shape index (κ2) is 9.73. The predicted molar refractivity (Wildman–Crippen MR) is 116 cm³/mol. The zero-order chi connectivity index (χ0) is 19.9. The summed E-state index contributed by atoms with van der Waals surface area (Å²) in [6.45, 7) is 5.31. The Kier molecular flexibility index (Phi) is 7.08. The van der Waals surface area contributed by atoms with Crippen LogP contribution in [0.5, 0.6) is 5.75 Å². The van der Waals surface area contributed by atoms with Crippen LogP contribution in [0.4, 0.5) is 11.4 Å². The first-order valence-electron chi connectivity index (χ1n) is 9.04. The molecule has 0 radical (unpaired) electrons. The first-order chi connectivity index (χ1) is 13.6. The van der Waals surface area contributed by atoms with Crippen LogP contribution in [0.1, 0.15) is 17.3 Å². The summed E-state index contributed by atoms with van der Waals surface area (Å²) < 4.78 is 10.8. The fraction of sp³-hybridized carbons (Fsp3) is 0.300. The fourth-order valence-electron chi connectivity index (χ4n) is 2.91. The molecule has 2 aromatic rings. The zero-order valence-electron chi connectivity index (χ0n) is 15.5. The molecule has 0 aliphatic carbocycles. The fourth-order valence-corrected chi connectivity index (χ4v) is 3.29. The van der Waals surface area contributed by atoms with Crippen LogP contribution in [0, 0.1) is 0 Å². The molecular formula is C20H22ClN3O3S. The van der Waals surface area contributed by atoms with E-state index >= 15 is 0 Å². The summed E-state index contributed by atoms with van der Waals surface area (Å²) in [6, 6.07) is 12.5. The number of hydrogen-bond acceptors (Lipinski definition) is 5. The standard InChI is InChI=1S/C20H22ClN3O3S/c1-2-27-16-5-3-4-14(12-16)19(25)23-20(28)22-17-13-15(21)6-7-18(17)24-8-10-26-11-9-24/h3-7,12-13H,2,8-11H2,1H3,(H2,22,23,25,28). The molecule has 3 rings (SSSR count). The minimum absolute atomic E-state index is 0.198. The van der Waals surface area contributed by atoms with Crippen molar-refractivity contribution in [2.75, 3.05) is 43.1 Å². The number of anilines is 2. The molecule has 2 N–H and O–H groups in total. The summed E-state index contributed by atoms with van der Waals surface area (Å²) in [5.41, 5.74) is 2.17. The number of nitrogens with one attached hydrogen (secondary N) is 2. The van der Waals surface area contributed by atoms with Crippen LogP contribution in [-0.2, 0) is 4.74 Å². The number of benzene rings is 2. The minimum atomic E-state index is -0.311. The second-order valence-electron chi connectivity index (χ2n) is 6.13. The number of thiocarbonyl (C=S) groups is 1. The largest absolute Gasteiger partial charge is 0.494 e. The summed E-state index contributed by atoms with van der Waals surface area (Å²) in [5.74, 6) is 0.326. The first kappa shape index (κ1) is 20.4. The smallest absolute Gasteiger partial charge is 0.257 e. The summed E-state index contributed by atoms with van der Waals surface area (Å²) in [4.78, 5) is 14.7. The van der Waals surface area contributed by atoms with Gasteiger partial charge < -0.3 is 19.7 Å². The topological polar surface area (TPSA) is 62.8 Å². The first-order valence-corrected chi connectivity index (χ1v) is 9.83. The Morgan fingerprint density at radius 1 is 1.25 bits per heavy atom. The highest BCUT2D eigenvalue weighted by atomic mass is 35.5. The van der Waals surface area contributed by atoms with E-state index in [1.165, 1.54) is 0 Å². The average Bonchev–Trinajstić information content (AvgIpc) is 2.69. The van der Waals surface area contributed by atoms with Crippen molar-refractivity contribution in [1.29, 1.82) is 0 Å². The van der Waals surface area contributed by atoms with E-state index in [0.29, 0.717) is 36.2 Å². The number of carbonyl (C=O) groups is 1. The Balaban J connectivity index is 1.70. The van der Waals surface area contributed by atoms with Crippen LogP contribution < -0.4 is 20.3 Å². The van der Waals surface area contributed by atoms with Crippen molar-refractivity contribution in [2.24, 2.45) is 0 Å². The number of morpholine rings is 1. The Morgan fingerprint density at radius 3 is 2.79 bits per heavy atom. The van der Waals surface area contributed by atoms with E-state index < -0.39 is 0 Å². The van der Waals surface area contributed by atoms with Gasteiger partial charge in [0, 0.05) is 23.7 Å². The lowest BCUT2D eigenvalue weighted by Gasteiger charge is -2.30. The van der Waals surface area contributed by atoms with Crippen molar-refractivity contribution >= 4 is 46.2 Å². The van der Waals surface area contributed by atoms with Gasteiger partial charge in [-0.3, -0.25) is 10.1 Å². The predicted octanol–water partition coefficient (Wildman–Crippen LogP) is 3.70. The van der Waals surface area contributed by atoms with Gasteiger partial charge in [0.05, 0.1) is 31.2 Å². The number of halogens is 1. The van der Waals surface area contributed by atoms with E-state index in [0.717, 1.165) is 24.5 Å². The molecule has 1 aliphatic heterocycles. The molecule has 6 nitrogen and oxygen atoms in total. The molecule has 0 saturated carbocycles. The number of nitrogens with zero attached hydrogens (tertiary/aromatic N) is 1. The maximum Gasteiger partial charge on any atom is 0.257 e. The van der Waals surface area contributed by atoms with E-state index in [9.17, 15) is 4.79 Å². The van der Waals surface area contributed by atoms with Gasteiger partial charge in [0.25, 0.3) is 5.91 Å². The quantitative estimate of drug-likeness (QED) is 0.720. The normalized spacial score (nSPS) is 13.7. The maximum atomic E-state index is 12.5. The number of ether oxygens (including phenoxy) is 2. The van der Waals surface area contributed by atoms with Crippen LogP contribution >= 0.6 is 23.8 Å². The van der Waals surface area contributed by atoms with Gasteiger partial charge in [0.2, 0.25) is 0 Å². The third-order valence-electron chi connectivity index (χ3n) is 4.19. The average molecular weight is 420 g/mol. The van der Waals surface area contributed by atoms with Crippen molar-refractivity contribution in [3.8, 4) is 5.75 Å². The van der Waals surface area contributed by atoms with Gasteiger partial charge in [-0.25, -0.2) is 0 Å². The van der Waals surface area contributed by atoms with Crippen LogP contribution in [0.15, 0.2) is 42.5 Å². The molecule has 0 bridgehead atoms. The molecule has 8 heteroatoms. The van der Waals surface area contributed by atoms with E-state index in [1.807, 2.05) is 19.1 Å². The van der Waals surface area contributed by atoms with Gasteiger partial charge in [-0.1, -0.05) is 17.7 Å². The maximum absolute atomic E-state index is 12.5. The van der Waals surface area contributed by atoms with Crippen molar-refractivity contribution in [2.45, 2.75) is 6.92 Å². The molecule has 1 aliphatic rings. The lowest BCUT2D eigenvalue weighted by Crippen LogP contribution is -2.38. The molecule has 148 valence electrons. The summed E-state index contributed by atoms with van der Waals surface area (Å²) in [7, 11) is 0. The van der Waals surface area contributed by atoms with Crippen LogP contribution in [0.3, 0.4) is 0 Å². The van der Waals surface area contributed by atoms with Crippen LogP contribution in [0.25, 0.3) is 0 Å². The molecule has 28 heavy (non-hydrogen) atoms. The molecule has 1 saturated heterocycles. The van der Waals surface area contributed by atoms with Gasteiger partial charge in [-0.05, 0) is 55.5 Å². The van der Waals surface area contributed by atoms with E-state index in [2.05, 4.69) is 15.5 Å². The minimum Gasteiger partial charge on any atom is -0.494 e. The van der Waals surface area contributed by atoms with E-state index in [-0.39, 0.29) is 11.0 Å². The van der Waals surface area contributed by atoms with Crippen molar-refractivity contribution in [3.63, 3.8) is 0 Å². The number of amides is 1. The zero-order valence-corrected chi connectivity index (χ0v) is 17.1. The van der Waals surface area contributed by atoms with Crippen molar-refractivity contribution in [3.05, 3.63) is 53.1 Å². The number of carbonyl (C=O) groups excluding carboxylic acids is 1. The highest BCUT2D eigenvalue weighted by Gasteiger charge is 2.17. The Labute approximate surface area is 174 Å². The van der Waals surface area contributed by atoms with Crippen molar-refractivity contribution < 1.29 is 14.3 Å². The van der Waals surface area contributed by atoms with Gasteiger partial charge in [-0.15, -0.1) is 0 Å². The highest BCUT2D eigenvalue weighted by Crippen LogP contribution is 2.29. The Morgan fingerprint density at radius 2 is 2.04 bits per heavy atom. The molecular weight excluding hydrogens is 398 g/mol. The molecule has 0 unspecified atom stereocenters. The molecule has 2 aromatic carbocycles. The third-order valence-corrected chi connectivity index (χ3v) is 4.63. The third kappa shape index (κ3) is 5.34. The van der Waals surface area contributed by atoms with Gasteiger partial charge in [0.1, 0.15) is 5.75 Å². The molecule has 0 aromatic heterocycles. The summed E-state index contributed by atoms with van der Waals surface area (Å²) in [6.07, 6.45) is 0. The Bertz CT molecular complexity index is 856. The lowest BCUT2D eigenvalue weighted by atomic mass is 10.2. The second-order valence-corrected chi connectivity index (χ2v) is 6.97. The molecule has 0 spiro atoms. The molecule has 0 atom stereocenters. The highest BCUT2D eigenvalue weighted by molar-refractivity contribution is 7.80. The van der Waals surface area contributed by atoms with Crippen molar-refractivity contribution in [1.82, 2.24) is 5.32 Å². The monoisotopic (exact) mass is 419 g/mol. The Hall–Kier alpha value is -2.35. The molecule has 1 fully saturated rings. The summed E-state index contributed by atoms with van der Waals surface area (Å²) >= 11 is 11.5. The SMILES string of the molecule is CCOc1cccc(C(=O)NC(=S)Nc2cc(Cl)ccc2N2CCOCC2)c1. The molecule has 1 amide bonds. The molecule has 1 heterocycles. The van der Waals surface area contributed by atoms with Crippen LogP contribution in [-0.4, -0.2) is 43.9 Å². The number of hydrogen-bond donors (Lipinski definition) is 2. The van der Waals surface area contributed by atoms with Crippen LogP contribution in [0.2, 0.25) is 5.02 Å². The lowest BCUT2D eigenvalue weighted by molar-refractivity contribution is 0.0977. The van der Waals surface area contributed by atoms with E-state index in [1.54, 1.807) is 30.3 Å². The van der Waals surface area contributed by atoms with Gasteiger partial charge in [-0.2, -0.15) is 0 Å². The van der Waals surface area contributed by atoms with E-state index in [4.69, 9.17) is 33.3 Å².